The number of hydrogen-bond acceptors (Lipinski definition) is 2. The average molecular weight is 221 g/mol. The van der Waals surface area contributed by atoms with Gasteiger partial charge in [0.15, 0.2) is 0 Å². The van der Waals surface area contributed by atoms with Crippen LogP contribution in [0.5, 0.6) is 0 Å². The molecule has 0 spiro atoms. The molecule has 1 aliphatic carbocycles. The molecule has 2 heteroatoms. The molecule has 1 saturated heterocycles. The number of thiophene rings is 1. The van der Waals surface area contributed by atoms with Gasteiger partial charge in [-0.25, -0.2) is 0 Å². The Bertz CT molecular complexity index is 325. The molecule has 0 radical (unpaired) electrons. The predicted molar refractivity (Wildman–Crippen MR) is 65.7 cm³/mol. The SMILES string of the molecule is c1cc2c(s1)C(CN1CCCC1)CCC2. The molecule has 1 aromatic heterocycles. The molecule has 82 valence electrons. The van der Waals surface area contributed by atoms with E-state index in [9.17, 15) is 0 Å². The minimum Gasteiger partial charge on any atom is -0.303 e. The fourth-order valence-electron chi connectivity index (χ4n) is 3.03. The summed E-state index contributed by atoms with van der Waals surface area (Å²) in [6.45, 7) is 4.02. The van der Waals surface area contributed by atoms with Crippen LogP contribution in [0, 0.1) is 0 Å². The summed E-state index contributed by atoms with van der Waals surface area (Å²) in [6.07, 6.45) is 7.00. The van der Waals surface area contributed by atoms with Crippen LogP contribution in [0.1, 0.15) is 42.0 Å². The zero-order chi connectivity index (χ0) is 10.1. The molecule has 0 bridgehead atoms. The lowest BCUT2D eigenvalue weighted by Crippen LogP contribution is -2.26. The maximum absolute atomic E-state index is 2.67. The molecule has 1 fully saturated rings. The van der Waals surface area contributed by atoms with Gasteiger partial charge in [0, 0.05) is 17.3 Å². The Labute approximate surface area is 96.1 Å². The van der Waals surface area contributed by atoms with Crippen molar-refractivity contribution in [2.45, 2.75) is 38.0 Å². The Kier molecular flexibility index (Phi) is 2.80. The first-order chi connectivity index (χ1) is 7.43. The lowest BCUT2D eigenvalue weighted by atomic mass is 9.89. The van der Waals surface area contributed by atoms with Gasteiger partial charge in [-0.05, 0) is 62.2 Å². The summed E-state index contributed by atoms with van der Waals surface area (Å²) in [5, 5.41) is 2.28. The number of nitrogens with zero attached hydrogens (tertiary/aromatic N) is 1. The second-order valence-electron chi connectivity index (χ2n) is 4.91. The average Bonchev–Trinajstić information content (AvgIpc) is 2.87. The van der Waals surface area contributed by atoms with Crippen LogP contribution < -0.4 is 0 Å². The van der Waals surface area contributed by atoms with Gasteiger partial charge in [-0.2, -0.15) is 0 Å². The van der Waals surface area contributed by atoms with E-state index in [4.69, 9.17) is 0 Å². The largest absolute Gasteiger partial charge is 0.303 e. The maximum Gasteiger partial charge on any atom is 0.0121 e. The number of aryl methyl sites for hydroxylation is 1. The minimum absolute atomic E-state index is 0.854. The van der Waals surface area contributed by atoms with E-state index in [-0.39, 0.29) is 0 Å². The van der Waals surface area contributed by atoms with Gasteiger partial charge >= 0.3 is 0 Å². The van der Waals surface area contributed by atoms with Crippen molar-refractivity contribution in [1.29, 1.82) is 0 Å². The van der Waals surface area contributed by atoms with E-state index < -0.39 is 0 Å². The first-order valence-corrected chi connectivity index (χ1v) is 7.10. The summed E-state index contributed by atoms with van der Waals surface area (Å²) in [5.41, 5.74) is 1.65. The summed E-state index contributed by atoms with van der Waals surface area (Å²) in [4.78, 5) is 4.37. The first kappa shape index (κ1) is 9.86. The molecule has 15 heavy (non-hydrogen) atoms. The molecule has 0 aromatic carbocycles. The standard InChI is InChI=1S/C13H19NS/c1-2-8-14(7-1)10-12-5-3-4-11-6-9-15-13(11)12/h6,9,12H,1-5,7-8,10H2. The van der Waals surface area contributed by atoms with E-state index in [0.717, 1.165) is 5.92 Å². The van der Waals surface area contributed by atoms with Gasteiger partial charge in [0.05, 0.1) is 0 Å². The Balaban J connectivity index is 1.72. The fraction of sp³-hybridized carbons (Fsp3) is 0.692. The van der Waals surface area contributed by atoms with Gasteiger partial charge < -0.3 is 4.90 Å². The summed E-state index contributed by atoms with van der Waals surface area (Å²) in [5.74, 6) is 0.854. The number of hydrogen-bond donors (Lipinski definition) is 0. The van der Waals surface area contributed by atoms with Gasteiger partial charge in [0.25, 0.3) is 0 Å². The topological polar surface area (TPSA) is 3.24 Å². The molecular weight excluding hydrogens is 202 g/mol. The normalized spacial score (nSPS) is 26.8. The van der Waals surface area contributed by atoms with E-state index in [1.54, 1.807) is 10.4 Å². The van der Waals surface area contributed by atoms with Crippen molar-refractivity contribution in [3.05, 3.63) is 21.9 Å². The van der Waals surface area contributed by atoms with E-state index in [1.807, 2.05) is 11.3 Å². The zero-order valence-corrected chi connectivity index (χ0v) is 10.1. The van der Waals surface area contributed by atoms with Crippen molar-refractivity contribution in [3.63, 3.8) is 0 Å². The van der Waals surface area contributed by atoms with E-state index in [1.165, 1.54) is 51.7 Å². The third-order valence-corrected chi connectivity index (χ3v) is 4.95. The van der Waals surface area contributed by atoms with Crippen LogP contribution in [0.4, 0.5) is 0 Å². The monoisotopic (exact) mass is 221 g/mol. The third kappa shape index (κ3) is 1.98. The second kappa shape index (κ2) is 4.26. The number of fused-ring (bicyclic) bond motifs is 1. The van der Waals surface area contributed by atoms with Crippen molar-refractivity contribution in [2.75, 3.05) is 19.6 Å². The summed E-state index contributed by atoms with van der Waals surface area (Å²) >= 11 is 1.99. The van der Waals surface area contributed by atoms with Gasteiger partial charge in [0.2, 0.25) is 0 Å². The van der Waals surface area contributed by atoms with Gasteiger partial charge in [-0.15, -0.1) is 11.3 Å². The fourth-order valence-corrected chi connectivity index (χ4v) is 4.12. The molecule has 0 amide bonds. The van der Waals surface area contributed by atoms with Gasteiger partial charge in [0.1, 0.15) is 0 Å². The Morgan fingerprint density at radius 2 is 2.13 bits per heavy atom. The van der Waals surface area contributed by atoms with Crippen molar-refractivity contribution >= 4 is 11.3 Å². The van der Waals surface area contributed by atoms with Crippen LogP contribution in [0.15, 0.2) is 11.4 Å². The van der Waals surface area contributed by atoms with Crippen LogP contribution in [-0.2, 0) is 6.42 Å². The Morgan fingerprint density at radius 3 is 3.00 bits per heavy atom. The van der Waals surface area contributed by atoms with E-state index in [2.05, 4.69) is 16.3 Å². The van der Waals surface area contributed by atoms with E-state index >= 15 is 0 Å². The second-order valence-corrected chi connectivity index (χ2v) is 5.85. The lowest BCUT2D eigenvalue weighted by molar-refractivity contribution is 0.302. The molecule has 2 heterocycles. The van der Waals surface area contributed by atoms with Crippen molar-refractivity contribution in [3.8, 4) is 0 Å². The Morgan fingerprint density at radius 1 is 1.27 bits per heavy atom. The quantitative estimate of drug-likeness (QED) is 0.741. The molecule has 1 nitrogen and oxygen atoms in total. The molecule has 2 aliphatic rings. The summed E-state index contributed by atoms with van der Waals surface area (Å²) in [6, 6.07) is 2.34. The smallest absolute Gasteiger partial charge is 0.0121 e. The Hall–Kier alpha value is -0.340. The lowest BCUT2D eigenvalue weighted by Gasteiger charge is -2.26. The highest BCUT2D eigenvalue weighted by atomic mass is 32.1. The zero-order valence-electron chi connectivity index (χ0n) is 9.24. The van der Waals surface area contributed by atoms with Gasteiger partial charge in [-0.3, -0.25) is 0 Å². The molecule has 3 rings (SSSR count). The highest BCUT2D eigenvalue weighted by Gasteiger charge is 2.24. The van der Waals surface area contributed by atoms with Crippen LogP contribution >= 0.6 is 11.3 Å². The van der Waals surface area contributed by atoms with Crippen LogP contribution in [0.2, 0.25) is 0 Å². The number of rotatable bonds is 2. The molecule has 1 aliphatic heterocycles. The molecule has 0 saturated carbocycles. The third-order valence-electron chi connectivity index (χ3n) is 3.83. The minimum atomic E-state index is 0.854. The van der Waals surface area contributed by atoms with Crippen LogP contribution in [0.3, 0.4) is 0 Å². The highest BCUT2D eigenvalue weighted by molar-refractivity contribution is 7.10. The van der Waals surface area contributed by atoms with Gasteiger partial charge in [-0.1, -0.05) is 0 Å². The van der Waals surface area contributed by atoms with Crippen LogP contribution in [-0.4, -0.2) is 24.5 Å². The first-order valence-electron chi connectivity index (χ1n) is 6.22. The molecule has 0 N–H and O–H groups in total. The van der Waals surface area contributed by atoms with Crippen LogP contribution in [0.25, 0.3) is 0 Å². The number of likely N-dealkylation sites (tertiary alicyclic amines) is 1. The molecule has 1 aromatic rings. The van der Waals surface area contributed by atoms with Crippen molar-refractivity contribution in [1.82, 2.24) is 4.90 Å². The predicted octanol–water partition coefficient (Wildman–Crippen LogP) is 3.26. The van der Waals surface area contributed by atoms with Crippen molar-refractivity contribution in [2.24, 2.45) is 0 Å². The molecule has 1 unspecified atom stereocenters. The molecular formula is C13H19NS. The summed E-state index contributed by atoms with van der Waals surface area (Å²) in [7, 11) is 0. The van der Waals surface area contributed by atoms with Crippen molar-refractivity contribution < 1.29 is 0 Å². The molecule has 1 atom stereocenters. The highest BCUT2D eigenvalue weighted by Crippen LogP contribution is 2.36. The maximum atomic E-state index is 2.67. The van der Waals surface area contributed by atoms with E-state index in [0.29, 0.717) is 0 Å². The summed E-state index contributed by atoms with van der Waals surface area (Å²) < 4.78 is 0.